The molecule has 0 fully saturated rings. The van der Waals surface area contributed by atoms with Gasteiger partial charge in [-0.25, -0.2) is 9.59 Å². The van der Waals surface area contributed by atoms with Crippen molar-refractivity contribution in [2.75, 3.05) is 6.61 Å². The highest BCUT2D eigenvalue weighted by Crippen LogP contribution is 2.07. The van der Waals surface area contributed by atoms with Crippen molar-refractivity contribution in [2.24, 2.45) is 0 Å². The summed E-state index contributed by atoms with van der Waals surface area (Å²) in [5.41, 5.74) is -0.663. The second kappa shape index (κ2) is 7.99. The van der Waals surface area contributed by atoms with Crippen LogP contribution in [0.25, 0.3) is 0 Å². The summed E-state index contributed by atoms with van der Waals surface area (Å²) < 4.78 is 10.5. The third-order valence-electron chi connectivity index (χ3n) is 2.40. The van der Waals surface area contributed by atoms with E-state index < -0.39 is 23.7 Å². The van der Waals surface area contributed by atoms with Crippen LogP contribution >= 0.6 is 0 Å². The summed E-state index contributed by atoms with van der Waals surface area (Å²) in [5, 5.41) is 11.3. The zero-order chi connectivity index (χ0) is 15.1. The van der Waals surface area contributed by atoms with Gasteiger partial charge in [-0.2, -0.15) is 0 Å². The first-order valence-electron chi connectivity index (χ1n) is 6.53. The molecule has 112 valence electrons. The van der Waals surface area contributed by atoms with Crippen molar-refractivity contribution < 1.29 is 24.2 Å². The van der Waals surface area contributed by atoms with Crippen molar-refractivity contribution in [1.29, 1.82) is 0 Å². The van der Waals surface area contributed by atoms with E-state index in [0.717, 1.165) is 12.8 Å². The van der Waals surface area contributed by atoms with E-state index in [1.54, 1.807) is 20.8 Å². The summed E-state index contributed by atoms with van der Waals surface area (Å²) in [6.45, 7) is 8.99. The first-order chi connectivity index (χ1) is 8.69. The average Bonchev–Trinajstić information content (AvgIpc) is 2.25. The second-order valence-corrected chi connectivity index (χ2v) is 5.31. The van der Waals surface area contributed by atoms with Crippen LogP contribution < -0.4 is 5.32 Å². The number of carbonyl (C=O) groups excluding carboxylic acids is 1. The van der Waals surface area contributed by atoms with Crippen LogP contribution in [0.5, 0.6) is 0 Å². The molecule has 1 atom stereocenters. The molecular formula is C13H25NO5. The third kappa shape index (κ3) is 8.42. The fourth-order valence-electron chi connectivity index (χ4n) is 1.38. The molecule has 0 aromatic rings. The van der Waals surface area contributed by atoms with Gasteiger partial charge in [-0.1, -0.05) is 13.8 Å². The van der Waals surface area contributed by atoms with Gasteiger partial charge in [0.05, 0.1) is 12.7 Å². The molecule has 6 heteroatoms. The maximum atomic E-state index is 11.5. The fraction of sp³-hybridized carbons (Fsp3) is 0.846. The van der Waals surface area contributed by atoms with Gasteiger partial charge in [0.2, 0.25) is 0 Å². The zero-order valence-electron chi connectivity index (χ0n) is 12.4. The summed E-state index contributed by atoms with van der Waals surface area (Å²) in [6, 6.07) is -1.10. The normalized spacial score (nSPS) is 13.2. The number of carboxylic acid groups (broad SMARTS) is 1. The maximum absolute atomic E-state index is 11.5. The molecule has 0 aliphatic heterocycles. The SMILES string of the molecule is CCC(CC)OCC(NC(=O)OC(C)(C)C)C(=O)O. The molecule has 0 aromatic carbocycles. The Kier molecular flexibility index (Phi) is 7.44. The lowest BCUT2D eigenvalue weighted by molar-refractivity contribution is -0.141. The Morgan fingerprint density at radius 3 is 2.11 bits per heavy atom. The van der Waals surface area contributed by atoms with Gasteiger partial charge >= 0.3 is 12.1 Å². The minimum Gasteiger partial charge on any atom is -0.480 e. The molecule has 1 amide bonds. The number of amides is 1. The summed E-state index contributed by atoms with van der Waals surface area (Å²) in [4.78, 5) is 22.5. The Hall–Kier alpha value is -1.30. The molecule has 0 spiro atoms. The Balaban J connectivity index is 4.34. The maximum Gasteiger partial charge on any atom is 0.408 e. The van der Waals surface area contributed by atoms with Crippen molar-refractivity contribution in [3.05, 3.63) is 0 Å². The topological polar surface area (TPSA) is 84.9 Å². The van der Waals surface area contributed by atoms with E-state index in [0.29, 0.717) is 0 Å². The quantitative estimate of drug-likeness (QED) is 0.743. The molecule has 19 heavy (non-hydrogen) atoms. The van der Waals surface area contributed by atoms with E-state index in [1.807, 2.05) is 13.8 Å². The van der Waals surface area contributed by atoms with E-state index >= 15 is 0 Å². The van der Waals surface area contributed by atoms with E-state index in [1.165, 1.54) is 0 Å². The van der Waals surface area contributed by atoms with E-state index in [2.05, 4.69) is 5.32 Å². The summed E-state index contributed by atoms with van der Waals surface area (Å²) in [5.74, 6) is -1.14. The lowest BCUT2D eigenvalue weighted by Crippen LogP contribution is -2.46. The van der Waals surface area contributed by atoms with Crippen molar-refractivity contribution in [3.8, 4) is 0 Å². The molecule has 2 N–H and O–H groups in total. The second-order valence-electron chi connectivity index (χ2n) is 5.31. The first-order valence-corrected chi connectivity index (χ1v) is 6.53. The van der Waals surface area contributed by atoms with E-state index in [9.17, 15) is 9.59 Å². The van der Waals surface area contributed by atoms with Crippen LogP contribution in [-0.4, -0.2) is 41.5 Å². The van der Waals surface area contributed by atoms with Crippen molar-refractivity contribution in [1.82, 2.24) is 5.32 Å². The number of carboxylic acids is 1. The molecule has 0 radical (unpaired) electrons. The summed E-state index contributed by atoms with van der Waals surface area (Å²) >= 11 is 0. The standard InChI is InChI=1S/C13H25NO5/c1-6-9(7-2)18-8-10(11(15)16)14-12(17)19-13(3,4)5/h9-10H,6-8H2,1-5H3,(H,14,17)(H,15,16). The zero-order valence-corrected chi connectivity index (χ0v) is 12.4. The van der Waals surface area contributed by atoms with Crippen LogP contribution in [0.2, 0.25) is 0 Å². The minimum absolute atomic E-state index is 0.00212. The highest BCUT2D eigenvalue weighted by molar-refractivity contribution is 5.80. The lowest BCUT2D eigenvalue weighted by Gasteiger charge is -2.23. The van der Waals surface area contributed by atoms with Crippen LogP contribution in [0.1, 0.15) is 47.5 Å². The van der Waals surface area contributed by atoms with Crippen molar-refractivity contribution in [2.45, 2.75) is 65.2 Å². The summed E-state index contributed by atoms with van der Waals surface area (Å²) in [6.07, 6.45) is 0.847. The molecule has 0 bridgehead atoms. The molecular weight excluding hydrogens is 250 g/mol. The Morgan fingerprint density at radius 2 is 1.74 bits per heavy atom. The molecule has 6 nitrogen and oxygen atoms in total. The third-order valence-corrected chi connectivity index (χ3v) is 2.40. The van der Waals surface area contributed by atoms with Gasteiger partial charge in [-0.15, -0.1) is 0 Å². The number of rotatable bonds is 7. The van der Waals surface area contributed by atoms with Crippen LogP contribution in [0.4, 0.5) is 4.79 Å². The van der Waals surface area contributed by atoms with Crippen LogP contribution in [0, 0.1) is 0 Å². The van der Waals surface area contributed by atoms with Gasteiger partial charge in [0.1, 0.15) is 5.60 Å². The Morgan fingerprint density at radius 1 is 1.21 bits per heavy atom. The smallest absolute Gasteiger partial charge is 0.408 e. The number of hydrogen-bond donors (Lipinski definition) is 2. The van der Waals surface area contributed by atoms with Gasteiger partial charge in [0, 0.05) is 0 Å². The molecule has 0 aliphatic carbocycles. The van der Waals surface area contributed by atoms with Gasteiger partial charge in [0.25, 0.3) is 0 Å². The molecule has 0 rings (SSSR count). The highest BCUT2D eigenvalue weighted by atomic mass is 16.6. The Bertz CT molecular complexity index is 294. The Labute approximate surface area is 114 Å². The molecule has 0 saturated heterocycles. The molecule has 0 saturated carbocycles. The van der Waals surface area contributed by atoms with E-state index in [4.69, 9.17) is 14.6 Å². The number of hydrogen-bond acceptors (Lipinski definition) is 4. The van der Waals surface area contributed by atoms with Gasteiger partial charge < -0.3 is 19.9 Å². The predicted molar refractivity (Wildman–Crippen MR) is 71.1 cm³/mol. The molecule has 1 unspecified atom stereocenters. The van der Waals surface area contributed by atoms with Gasteiger partial charge in [-0.05, 0) is 33.6 Å². The molecule has 0 aliphatic rings. The van der Waals surface area contributed by atoms with Crippen molar-refractivity contribution >= 4 is 12.1 Å². The molecule has 0 heterocycles. The van der Waals surface area contributed by atoms with Gasteiger partial charge in [0.15, 0.2) is 6.04 Å². The highest BCUT2D eigenvalue weighted by Gasteiger charge is 2.24. The predicted octanol–water partition coefficient (Wildman–Crippen LogP) is 2.17. The first kappa shape index (κ1) is 17.7. The number of carbonyl (C=O) groups is 2. The fourth-order valence-corrected chi connectivity index (χ4v) is 1.38. The number of ether oxygens (including phenoxy) is 2. The van der Waals surface area contributed by atoms with Crippen LogP contribution in [-0.2, 0) is 14.3 Å². The monoisotopic (exact) mass is 275 g/mol. The van der Waals surface area contributed by atoms with Gasteiger partial charge in [-0.3, -0.25) is 0 Å². The number of nitrogens with one attached hydrogen (secondary N) is 1. The number of alkyl carbamates (subject to hydrolysis) is 1. The van der Waals surface area contributed by atoms with Crippen molar-refractivity contribution in [3.63, 3.8) is 0 Å². The lowest BCUT2D eigenvalue weighted by atomic mass is 10.2. The molecule has 0 aromatic heterocycles. The minimum atomic E-state index is -1.14. The average molecular weight is 275 g/mol. The number of aliphatic carboxylic acids is 1. The van der Waals surface area contributed by atoms with Crippen LogP contribution in [0.3, 0.4) is 0 Å². The summed E-state index contributed by atoms with van der Waals surface area (Å²) in [7, 11) is 0. The largest absolute Gasteiger partial charge is 0.480 e. The van der Waals surface area contributed by atoms with Crippen LogP contribution in [0.15, 0.2) is 0 Å². The van der Waals surface area contributed by atoms with E-state index in [-0.39, 0.29) is 12.7 Å².